The highest BCUT2D eigenvalue weighted by molar-refractivity contribution is 6.27. The third-order valence-corrected chi connectivity index (χ3v) is 9.32. The van der Waals surface area contributed by atoms with Crippen LogP contribution in [0.5, 0.6) is 0 Å². The van der Waals surface area contributed by atoms with Crippen molar-refractivity contribution in [2.24, 2.45) is 34.5 Å². The number of aliphatic hydroxyl groups excluding tert-OH is 1. The summed E-state index contributed by atoms with van der Waals surface area (Å²) in [6.45, 7) is 5.68. The van der Waals surface area contributed by atoms with Crippen molar-refractivity contribution in [2.75, 3.05) is 0 Å². The lowest BCUT2D eigenvalue weighted by Crippen LogP contribution is -2.67. The van der Waals surface area contributed by atoms with Gasteiger partial charge in [0, 0.05) is 11.3 Å². The fourth-order valence-corrected chi connectivity index (χ4v) is 7.74. The third-order valence-electron chi connectivity index (χ3n) is 8.39. The number of Topliss-reactive ketones (excluding diaryl/α,β-unsaturated/α-hetero) is 1. The molecule has 28 heavy (non-hydrogen) atoms. The van der Waals surface area contributed by atoms with Gasteiger partial charge in [-0.2, -0.15) is 0 Å². The number of alkyl halides is 2. The van der Waals surface area contributed by atoms with E-state index in [2.05, 4.69) is 0 Å². The van der Waals surface area contributed by atoms with Gasteiger partial charge >= 0.3 is 0 Å². The highest BCUT2D eigenvalue weighted by Gasteiger charge is 2.71. The van der Waals surface area contributed by atoms with E-state index < -0.39 is 39.7 Å². The Hall–Kier alpha value is -1.33. The lowest BCUT2D eigenvalue weighted by Gasteiger charge is -2.63. The maximum absolute atomic E-state index is 15.3. The number of fused-ring (bicyclic) bond motifs is 5. The van der Waals surface area contributed by atoms with Crippen LogP contribution < -0.4 is 0 Å². The van der Waals surface area contributed by atoms with Gasteiger partial charge in [0.05, 0.1) is 11.0 Å². The Labute approximate surface area is 169 Å². The molecule has 3 saturated carbocycles. The van der Waals surface area contributed by atoms with Gasteiger partial charge in [0.25, 0.3) is 0 Å². The van der Waals surface area contributed by atoms with Gasteiger partial charge in [-0.25, -0.2) is 4.39 Å². The minimum absolute atomic E-state index is 0.0369. The van der Waals surface area contributed by atoms with E-state index in [9.17, 15) is 19.5 Å². The highest BCUT2D eigenvalue weighted by atomic mass is 35.5. The average Bonchev–Trinajstić information content (AvgIpc) is 2.89. The summed E-state index contributed by atoms with van der Waals surface area (Å²) >= 11 is 7.22. The average molecular weight is 409 g/mol. The van der Waals surface area contributed by atoms with E-state index in [1.165, 1.54) is 12.2 Å². The zero-order valence-electron chi connectivity index (χ0n) is 16.3. The molecule has 0 aliphatic heterocycles. The Balaban J connectivity index is 1.85. The first-order valence-corrected chi connectivity index (χ1v) is 10.3. The van der Waals surface area contributed by atoms with Gasteiger partial charge in [-0.15, -0.1) is 11.6 Å². The van der Waals surface area contributed by atoms with Gasteiger partial charge in [-0.1, -0.05) is 26.8 Å². The molecule has 9 atom stereocenters. The molecule has 4 rings (SSSR count). The summed E-state index contributed by atoms with van der Waals surface area (Å²) in [4.78, 5) is 34.4. The van der Waals surface area contributed by atoms with Crippen LogP contribution in [0, 0.1) is 34.5 Å². The third kappa shape index (κ3) is 2.23. The quantitative estimate of drug-likeness (QED) is 0.432. The van der Waals surface area contributed by atoms with Crippen molar-refractivity contribution in [3.8, 4) is 0 Å². The van der Waals surface area contributed by atoms with Crippen molar-refractivity contribution >= 4 is 29.5 Å². The van der Waals surface area contributed by atoms with Crippen LogP contribution in [0.15, 0.2) is 23.8 Å². The van der Waals surface area contributed by atoms with Crippen LogP contribution in [0.4, 0.5) is 4.39 Å². The van der Waals surface area contributed by atoms with Crippen LogP contribution in [0.25, 0.3) is 0 Å². The number of rotatable bonds is 2. The van der Waals surface area contributed by atoms with Crippen LogP contribution in [-0.2, 0) is 14.4 Å². The Morgan fingerprint density at radius 1 is 1.32 bits per heavy atom. The van der Waals surface area contributed by atoms with Crippen LogP contribution in [0.1, 0.15) is 40.0 Å². The molecule has 0 heterocycles. The number of carbonyl (C=O) groups is 3. The molecule has 0 aromatic carbocycles. The second-order valence-corrected chi connectivity index (χ2v) is 10.3. The molecule has 0 saturated heterocycles. The van der Waals surface area contributed by atoms with Crippen molar-refractivity contribution in [1.29, 1.82) is 0 Å². The molecule has 0 radical (unpaired) electrons. The zero-order chi connectivity index (χ0) is 20.6. The van der Waals surface area contributed by atoms with E-state index in [4.69, 9.17) is 11.6 Å². The fourth-order valence-electron chi connectivity index (χ4n) is 7.25. The standard InChI is InChI=1S/C22H26ClFO4/c1-11-6-13-14-8-16(24)15-7-12(26)4-5-21(15,3)22(14,23)18(28)9-20(13,2)19(11)17(27)10-25/h4-5,7,10-11,13-14,16,18-19,28H,6,8-9H2,1-3H3. The molecule has 0 aromatic rings. The molecule has 0 bridgehead atoms. The van der Waals surface area contributed by atoms with Gasteiger partial charge in [-0.3, -0.25) is 14.4 Å². The minimum Gasteiger partial charge on any atom is -0.391 e. The number of aldehydes is 1. The maximum Gasteiger partial charge on any atom is 0.199 e. The first-order valence-electron chi connectivity index (χ1n) is 9.96. The van der Waals surface area contributed by atoms with E-state index in [0.717, 1.165) is 0 Å². The van der Waals surface area contributed by atoms with Gasteiger partial charge in [-0.05, 0) is 60.2 Å². The molecule has 1 N–H and O–H groups in total. The van der Waals surface area contributed by atoms with Crippen molar-refractivity contribution in [2.45, 2.75) is 57.2 Å². The molecule has 0 aromatic heterocycles. The minimum atomic E-state index is -1.33. The van der Waals surface area contributed by atoms with Gasteiger partial charge < -0.3 is 5.11 Å². The molecule has 9 unspecified atom stereocenters. The maximum atomic E-state index is 15.3. The van der Waals surface area contributed by atoms with E-state index in [-0.39, 0.29) is 36.4 Å². The molecule has 3 fully saturated rings. The largest absolute Gasteiger partial charge is 0.391 e. The van der Waals surface area contributed by atoms with Gasteiger partial charge in [0.15, 0.2) is 17.9 Å². The summed E-state index contributed by atoms with van der Waals surface area (Å²) in [6, 6.07) is 0. The predicted octanol–water partition coefficient (Wildman–Crippen LogP) is 3.20. The smallest absolute Gasteiger partial charge is 0.199 e. The number of ketones is 2. The van der Waals surface area contributed by atoms with Crippen molar-refractivity contribution in [3.63, 3.8) is 0 Å². The predicted molar refractivity (Wildman–Crippen MR) is 102 cm³/mol. The number of halogens is 2. The van der Waals surface area contributed by atoms with Crippen molar-refractivity contribution in [1.82, 2.24) is 0 Å². The monoisotopic (exact) mass is 408 g/mol. The first kappa shape index (κ1) is 20.0. The Kier molecular flexibility index (Phi) is 4.34. The zero-order valence-corrected chi connectivity index (χ0v) is 17.1. The summed E-state index contributed by atoms with van der Waals surface area (Å²) in [7, 11) is 0. The molecular weight excluding hydrogens is 383 g/mol. The lowest BCUT2D eigenvalue weighted by molar-refractivity contribution is -0.143. The fraction of sp³-hybridized carbons (Fsp3) is 0.682. The topological polar surface area (TPSA) is 71.4 Å². The molecule has 6 heteroatoms. The summed E-state index contributed by atoms with van der Waals surface area (Å²) in [5.74, 6) is -1.70. The number of hydrogen-bond acceptors (Lipinski definition) is 4. The normalized spacial score (nSPS) is 52.4. The number of hydrogen-bond donors (Lipinski definition) is 1. The number of aliphatic hydroxyl groups is 1. The molecule has 152 valence electrons. The summed E-state index contributed by atoms with van der Waals surface area (Å²) < 4.78 is 15.3. The molecule has 4 aliphatic rings. The van der Waals surface area contributed by atoms with Crippen LogP contribution in [0.2, 0.25) is 0 Å². The molecule has 4 aliphatic carbocycles. The Morgan fingerprint density at radius 3 is 2.64 bits per heavy atom. The van der Waals surface area contributed by atoms with E-state index in [1.54, 1.807) is 13.0 Å². The molecule has 0 amide bonds. The van der Waals surface area contributed by atoms with Crippen molar-refractivity contribution < 1.29 is 23.9 Å². The lowest BCUT2D eigenvalue weighted by atomic mass is 9.46. The molecular formula is C22H26ClFO4. The van der Waals surface area contributed by atoms with Crippen LogP contribution in [0.3, 0.4) is 0 Å². The van der Waals surface area contributed by atoms with E-state index in [0.29, 0.717) is 18.3 Å². The van der Waals surface area contributed by atoms with Crippen LogP contribution in [-0.4, -0.2) is 40.1 Å². The molecule has 4 nitrogen and oxygen atoms in total. The SMILES string of the molecule is CC1CC2C3CC(F)C4=CC(=O)C=CC4(C)C3(Cl)C(O)CC2(C)C1C(=O)C=O. The summed E-state index contributed by atoms with van der Waals surface area (Å²) in [5, 5.41) is 11.3. The second-order valence-electron chi connectivity index (χ2n) is 9.66. The first-order chi connectivity index (χ1) is 13.0. The highest BCUT2D eigenvalue weighted by Crippen LogP contribution is 2.70. The van der Waals surface area contributed by atoms with E-state index in [1.807, 2.05) is 13.8 Å². The second kappa shape index (κ2) is 6.09. The Bertz CT molecular complexity index is 821. The van der Waals surface area contributed by atoms with Crippen LogP contribution >= 0.6 is 11.6 Å². The van der Waals surface area contributed by atoms with E-state index >= 15 is 4.39 Å². The summed E-state index contributed by atoms with van der Waals surface area (Å²) in [5.41, 5.74) is -1.26. The van der Waals surface area contributed by atoms with Gasteiger partial charge in [0.2, 0.25) is 0 Å². The summed E-state index contributed by atoms with van der Waals surface area (Å²) in [6.07, 6.45) is 3.46. The number of carbonyl (C=O) groups excluding carboxylic acids is 3. The van der Waals surface area contributed by atoms with Gasteiger partial charge in [0.1, 0.15) is 6.17 Å². The number of allylic oxidation sites excluding steroid dienone is 4. The molecule has 0 spiro atoms. The Morgan fingerprint density at radius 2 is 2.00 bits per heavy atom. The van der Waals surface area contributed by atoms with Crippen molar-refractivity contribution in [3.05, 3.63) is 23.8 Å².